The molecule has 1 fully saturated rings. The third kappa shape index (κ3) is 4.18. The summed E-state index contributed by atoms with van der Waals surface area (Å²) >= 11 is 3.55. The number of nitrogens with two attached hydrogens (primary N) is 1. The Kier molecular flexibility index (Phi) is 5.64. The van der Waals surface area contributed by atoms with Gasteiger partial charge >= 0.3 is 0 Å². The smallest absolute Gasteiger partial charge is 0.141 e. The molecule has 0 saturated heterocycles. The second kappa shape index (κ2) is 7.08. The Hall–Kier alpha value is -0.640. The molecule has 2 N–H and O–H groups in total. The number of hydrogen-bond acceptors (Lipinski definition) is 3. The van der Waals surface area contributed by atoms with Crippen LogP contribution in [0.2, 0.25) is 0 Å². The van der Waals surface area contributed by atoms with E-state index in [9.17, 15) is 0 Å². The largest absolute Gasteiger partial charge is 0.383 e. The van der Waals surface area contributed by atoms with Crippen LogP contribution < -0.4 is 5.73 Å². The average Bonchev–Trinajstić information content (AvgIpc) is 2.43. The van der Waals surface area contributed by atoms with Crippen LogP contribution in [0.15, 0.2) is 4.47 Å². The van der Waals surface area contributed by atoms with Crippen LogP contribution in [-0.2, 0) is 6.42 Å². The molecular formula is C17H28BrN3. The summed E-state index contributed by atoms with van der Waals surface area (Å²) < 4.78 is 0.885. The van der Waals surface area contributed by atoms with Gasteiger partial charge in [0.25, 0.3) is 0 Å². The number of aromatic nitrogens is 2. The molecule has 1 aromatic rings. The summed E-state index contributed by atoms with van der Waals surface area (Å²) in [4.78, 5) is 9.38. The molecule has 0 spiro atoms. The molecule has 21 heavy (non-hydrogen) atoms. The number of nitrogens with zero attached hydrogens (tertiary/aromatic N) is 2. The van der Waals surface area contributed by atoms with E-state index in [1.807, 2.05) is 0 Å². The van der Waals surface area contributed by atoms with E-state index in [1.165, 1.54) is 25.7 Å². The van der Waals surface area contributed by atoms with Crippen LogP contribution in [0.5, 0.6) is 0 Å². The topological polar surface area (TPSA) is 51.8 Å². The van der Waals surface area contributed by atoms with Crippen LogP contribution in [0.3, 0.4) is 0 Å². The summed E-state index contributed by atoms with van der Waals surface area (Å²) in [6.45, 7) is 9.08. The lowest BCUT2D eigenvalue weighted by molar-refractivity contribution is 0.254. The molecule has 4 heteroatoms. The maximum absolute atomic E-state index is 6.08. The minimum Gasteiger partial charge on any atom is -0.383 e. The van der Waals surface area contributed by atoms with Crippen LogP contribution in [0.1, 0.15) is 70.8 Å². The molecule has 0 aliphatic heterocycles. The molecule has 0 unspecified atom stereocenters. The summed E-state index contributed by atoms with van der Waals surface area (Å²) in [5.41, 5.74) is 7.15. The Morgan fingerprint density at radius 3 is 2.24 bits per heavy atom. The first-order valence-corrected chi connectivity index (χ1v) is 8.99. The lowest BCUT2D eigenvalue weighted by atomic mass is 9.76. The molecule has 1 aliphatic rings. The zero-order chi connectivity index (χ0) is 15.6. The maximum Gasteiger partial charge on any atom is 0.141 e. The lowest BCUT2D eigenvalue weighted by Gasteiger charge is -2.30. The van der Waals surface area contributed by atoms with E-state index in [0.29, 0.717) is 17.7 Å². The highest BCUT2D eigenvalue weighted by Crippen LogP contribution is 2.38. The standard InChI is InChI=1S/C17H28BrN3/c1-10(2)9-14-15(18)16(19)21-17(20-14)13-7-5-12(6-8-13)11(3)4/h10-13H,5-9H2,1-4H3,(H2,19,20,21). The van der Waals surface area contributed by atoms with Gasteiger partial charge in [0, 0.05) is 5.92 Å². The third-order valence-electron chi connectivity index (χ3n) is 4.64. The van der Waals surface area contributed by atoms with E-state index in [4.69, 9.17) is 10.7 Å². The number of anilines is 1. The number of halogens is 1. The SMILES string of the molecule is CC(C)Cc1nc(C2CCC(C(C)C)CC2)nc(N)c1Br. The Bertz CT molecular complexity index is 477. The number of nitrogen functional groups attached to an aromatic ring is 1. The Balaban J connectivity index is 2.15. The summed E-state index contributed by atoms with van der Waals surface area (Å²) in [5.74, 6) is 4.28. The molecule has 0 radical (unpaired) electrons. The molecule has 0 bridgehead atoms. The van der Waals surface area contributed by atoms with Crippen molar-refractivity contribution in [2.75, 3.05) is 5.73 Å². The van der Waals surface area contributed by atoms with Crippen molar-refractivity contribution in [3.8, 4) is 0 Å². The van der Waals surface area contributed by atoms with Crippen LogP contribution in [0, 0.1) is 17.8 Å². The summed E-state index contributed by atoms with van der Waals surface area (Å²) in [5, 5.41) is 0. The number of rotatable bonds is 4. The fourth-order valence-corrected chi connectivity index (χ4v) is 3.62. The van der Waals surface area contributed by atoms with E-state index < -0.39 is 0 Å². The van der Waals surface area contributed by atoms with Gasteiger partial charge in [-0.2, -0.15) is 0 Å². The summed E-state index contributed by atoms with van der Waals surface area (Å²) in [6.07, 6.45) is 5.93. The minimum absolute atomic E-state index is 0.487. The fourth-order valence-electron chi connectivity index (χ4n) is 3.28. The molecule has 2 rings (SSSR count). The molecule has 0 aromatic carbocycles. The minimum atomic E-state index is 0.487. The fraction of sp³-hybridized carbons (Fsp3) is 0.765. The highest BCUT2D eigenvalue weighted by atomic mass is 79.9. The van der Waals surface area contributed by atoms with Gasteiger partial charge in [0.2, 0.25) is 0 Å². The van der Waals surface area contributed by atoms with Gasteiger partial charge in [0.15, 0.2) is 0 Å². The van der Waals surface area contributed by atoms with Crippen LogP contribution in [0.25, 0.3) is 0 Å². The van der Waals surface area contributed by atoms with Gasteiger partial charge in [-0.15, -0.1) is 0 Å². The first-order valence-electron chi connectivity index (χ1n) is 8.20. The van der Waals surface area contributed by atoms with E-state index in [-0.39, 0.29) is 0 Å². The van der Waals surface area contributed by atoms with E-state index in [1.54, 1.807) is 0 Å². The predicted octanol–water partition coefficient (Wildman–Crippen LogP) is 4.95. The van der Waals surface area contributed by atoms with Crippen molar-refractivity contribution < 1.29 is 0 Å². The molecule has 3 nitrogen and oxygen atoms in total. The zero-order valence-corrected chi connectivity index (χ0v) is 15.3. The average molecular weight is 354 g/mol. The second-order valence-corrected chi connectivity index (χ2v) is 7.97. The third-order valence-corrected chi connectivity index (χ3v) is 5.51. The molecule has 0 amide bonds. The van der Waals surface area contributed by atoms with Gasteiger partial charge in [0.05, 0.1) is 10.2 Å². The van der Waals surface area contributed by atoms with Crippen LogP contribution >= 0.6 is 15.9 Å². The predicted molar refractivity (Wildman–Crippen MR) is 92.2 cm³/mol. The molecule has 1 saturated carbocycles. The zero-order valence-electron chi connectivity index (χ0n) is 13.7. The monoisotopic (exact) mass is 353 g/mol. The molecular weight excluding hydrogens is 326 g/mol. The van der Waals surface area contributed by atoms with Gasteiger partial charge in [-0.25, -0.2) is 9.97 Å². The molecule has 1 aromatic heterocycles. The van der Waals surface area contributed by atoms with Crippen molar-refractivity contribution in [1.82, 2.24) is 9.97 Å². The highest BCUT2D eigenvalue weighted by molar-refractivity contribution is 9.10. The Morgan fingerprint density at radius 2 is 1.71 bits per heavy atom. The normalized spacial score (nSPS) is 23.0. The van der Waals surface area contributed by atoms with Crippen LogP contribution in [0.4, 0.5) is 5.82 Å². The molecule has 1 heterocycles. The Labute approximate surface area is 137 Å². The van der Waals surface area contributed by atoms with E-state index in [0.717, 1.165) is 34.2 Å². The molecule has 0 atom stereocenters. The van der Waals surface area contributed by atoms with E-state index >= 15 is 0 Å². The van der Waals surface area contributed by atoms with Crippen LogP contribution in [-0.4, -0.2) is 9.97 Å². The van der Waals surface area contributed by atoms with Crippen molar-refractivity contribution in [2.45, 2.75) is 65.7 Å². The van der Waals surface area contributed by atoms with Gasteiger partial charge in [-0.05, 0) is 65.8 Å². The number of hydrogen-bond donors (Lipinski definition) is 1. The van der Waals surface area contributed by atoms with Crippen molar-refractivity contribution in [3.05, 3.63) is 16.0 Å². The highest BCUT2D eigenvalue weighted by Gasteiger charge is 2.27. The quantitative estimate of drug-likeness (QED) is 0.832. The Morgan fingerprint density at radius 1 is 1.10 bits per heavy atom. The van der Waals surface area contributed by atoms with E-state index in [2.05, 4.69) is 48.6 Å². The van der Waals surface area contributed by atoms with Gasteiger partial charge in [-0.1, -0.05) is 27.7 Å². The summed E-state index contributed by atoms with van der Waals surface area (Å²) in [7, 11) is 0. The molecule has 1 aliphatic carbocycles. The second-order valence-electron chi connectivity index (χ2n) is 7.18. The van der Waals surface area contributed by atoms with Gasteiger partial charge in [-0.3, -0.25) is 0 Å². The first kappa shape index (κ1) is 16.7. The maximum atomic E-state index is 6.08. The van der Waals surface area contributed by atoms with Gasteiger partial charge < -0.3 is 5.73 Å². The van der Waals surface area contributed by atoms with Gasteiger partial charge in [0.1, 0.15) is 11.6 Å². The molecule has 118 valence electrons. The van der Waals surface area contributed by atoms with Crippen molar-refractivity contribution >= 4 is 21.7 Å². The summed E-state index contributed by atoms with van der Waals surface area (Å²) in [6, 6.07) is 0. The first-order chi connectivity index (χ1) is 9.88. The van der Waals surface area contributed by atoms with Crippen molar-refractivity contribution in [2.24, 2.45) is 17.8 Å². The lowest BCUT2D eigenvalue weighted by Crippen LogP contribution is -2.20. The van der Waals surface area contributed by atoms with Crippen molar-refractivity contribution in [1.29, 1.82) is 0 Å². The van der Waals surface area contributed by atoms with Crippen molar-refractivity contribution in [3.63, 3.8) is 0 Å².